The van der Waals surface area contributed by atoms with Gasteiger partial charge in [-0.15, -0.1) is 0 Å². The molecule has 0 bridgehead atoms. The van der Waals surface area contributed by atoms with E-state index in [1.807, 2.05) is 32.2 Å². The van der Waals surface area contributed by atoms with E-state index in [2.05, 4.69) is 4.98 Å². The van der Waals surface area contributed by atoms with Crippen LogP contribution in [0.1, 0.15) is 33.0 Å². The van der Waals surface area contributed by atoms with Gasteiger partial charge < -0.3 is 14.8 Å². The number of aromatic amines is 1. The van der Waals surface area contributed by atoms with Gasteiger partial charge in [-0.3, -0.25) is 4.90 Å². The number of carbonyl (C=O) groups is 1. The fourth-order valence-electron chi connectivity index (χ4n) is 4.41. The molecular formula is C23H23F3N2O3. The van der Waals surface area contributed by atoms with Gasteiger partial charge in [-0.2, -0.15) is 13.2 Å². The number of likely N-dealkylation sites (tertiary alicyclic amines) is 1. The molecule has 0 spiro atoms. The van der Waals surface area contributed by atoms with Gasteiger partial charge in [-0.25, -0.2) is 4.79 Å². The van der Waals surface area contributed by atoms with E-state index in [-0.39, 0.29) is 24.6 Å². The highest BCUT2D eigenvalue weighted by Gasteiger charge is 2.41. The van der Waals surface area contributed by atoms with E-state index in [1.54, 1.807) is 12.1 Å². The lowest BCUT2D eigenvalue weighted by atomic mass is 9.95. The Balaban J connectivity index is 1.67. The summed E-state index contributed by atoms with van der Waals surface area (Å²) in [5.74, 6) is -0.706. The standard InChI is InChI=1S/C23H23F3N2O3/c1-13-9-14(2)21(17-7-8-27-20(13)17)31-19-11-28(12-23(24,25)26)10-18(19)15-3-5-16(6-4-15)22(29)30/h3-9,18-19,27H,10-12H2,1-2H3,(H,29,30)/t18-,19+/m0/s1. The van der Waals surface area contributed by atoms with Crippen molar-refractivity contribution >= 4 is 16.9 Å². The number of carboxylic acid groups (broad SMARTS) is 1. The molecule has 2 aromatic carbocycles. The number of halogens is 3. The Labute approximate surface area is 177 Å². The monoisotopic (exact) mass is 432 g/mol. The molecular weight excluding hydrogens is 409 g/mol. The second-order valence-corrected chi connectivity index (χ2v) is 8.11. The molecule has 1 saturated heterocycles. The number of rotatable bonds is 5. The van der Waals surface area contributed by atoms with Crippen molar-refractivity contribution in [2.75, 3.05) is 19.6 Å². The summed E-state index contributed by atoms with van der Waals surface area (Å²) in [5.41, 5.74) is 3.81. The van der Waals surface area contributed by atoms with Gasteiger partial charge >= 0.3 is 12.1 Å². The summed E-state index contributed by atoms with van der Waals surface area (Å²) in [7, 11) is 0. The first-order chi connectivity index (χ1) is 14.6. The van der Waals surface area contributed by atoms with E-state index < -0.39 is 24.8 Å². The molecule has 31 heavy (non-hydrogen) atoms. The Bertz CT molecular complexity index is 1110. The summed E-state index contributed by atoms with van der Waals surface area (Å²) in [6.07, 6.45) is -2.99. The summed E-state index contributed by atoms with van der Waals surface area (Å²) >= 11 is 0. The fourth-order valence-corrected chi connectivity index (χ4v) is 4.41. The highest BCUT2D eigenvalue weighted by molar-refractivity contribution is 5.90. The van der Waals surface area contributed by atoms with Gasteiger partial charge in [-0.05, 0) is 48.7 Å². The van der Waals surface area contributed by atoms with Crippen LogP contribution >= 0.6 is 0 Å². The zero-order chi connectivity index (χ0) is 22.3. The number of aromatic nitrogens is 1. The number of fused-ring (bicyclic) bond motifs is 1. The number of hydrogen-bond acceptors (Lipinski definition) is 3. The average molecular weight is 432 g/mol. The van der Waals surface area contributed by atoms with Crippen LogP contribution in [0.3, 0.4) is 0 Å². The highest BCUT2D eigenvalue weighted by atomic mass is 19.4. The van der Waals surface area contributed by atoms with E-state index in [0.29, 0.717) is 5.75 Å². The number of aromatic carboxylic acids is 1. The minimum atomic E-state index is -4.31. The van der Waals surface area contributed by atoms with Crippen LogP contribution in [0.2, 0.25) is 0 Å². The van der Waals surface area contributed by atoms with Crippen molar-refractivity contribution in [2.45, 2.75) is 32.0 Å². The van der Waals surface area contributed by atoms with Gasteiger partial charge in [0, 0.05) is 30.6 Å². The molecule has 8 heteroatoms. The first-order valence-corrected chi connectivity index (χ1v) is 9.98. The molecule has 0 saturated carbocycles. The largest absolute Gasteiger partial charge is 0.487 e. The number of benzene rings is 2. The van der Waals surface area contributed by atoms with Gasteiger partial charge in [0.05, 0.1) is 17.6 Å². The first kappa shape index (κ1) is 21.2. The normalized spacial score (nSPS) is 19.8. The molecule has 2 N–H and O–H groups in total. The van der Waals surface area contributed by atoms with Crippen LogP contribution in [0.4, 0.5) is 13.2 Å². The van der Waals surface area contributed by atoms with E-state index in [4.69, 9.17) is 9.84 Å². The van der Waals surface area contributed by atoms with Crippen molar-refractivity contribution in [2.24, 2.45) is 0 Å². The lowest BCUT2D eigenvalue weighted by Gasteiger charge is -2.23. The van der Waals surface area contributed by atoms with E-state index >= 15 is 0 Å². The van der Waals surface area contributed by atoms with E-state index in [9.17, 15) is 18.0 Å². The molecule has 1 fully saturated rings. The molecule has 1 aliphatic heterocycles. The second-order valence-electron chi connectivity index (χ2n) is 8.11. The number of nitrogens with zero attached hydrogens (tertiary/aromatic N) is 1. The van der Waals surface area contributed by atoms with Crippen molar-refractivity contribution in [3.05, 3.63) is 64.8 Å². The number of H-pyrrole nitrogens is 1. The second kappa shape index (κ2) is 7.92. The number of nitrogens with one attached hydrogen (secondary N) is 1. The minimum absolute atomic E-state index is 0.129. The molecule has 2 heterocycles. The van der Waals surface area contributed by atoms with Crippen molar-refractivity contribution in [3.8, 4) is 5.75 Å². The quantitative estimate of drug-likeness (QED) is 0.603. The van der Waals surface area contributed by atoms with Crippen molar-refractivity contribution < 1.29 is 27.8 Å². The summed E-state index contributed by atoms with van der Waals surface area (Å²) in [4.78, 5) is 15.7. The molecule has 0 radical (unpaired) electrons. The number of ether oxygens (including phenoxy) is 1. The summed E-state index contributed by atoms with van der Waals surface area (Å²) in [6.45, 7) is 3.21. The summed E-state index contributed by atoms with van der Waals surface area (Å²) < 4.78 is 45.5. The molecule has 0 aliphatic carbocycles. The summed E-state index contributed by atoms with van der Waals surface area (Å²) in [6, 6.07) is 10.2. The minimum Gasteiger partial charge on any atom is -0.487 e. The molecule has 0 amide bonds. The maximum Gasteiger partial charge on any atom is 0.401 e. The maximum atomic E-state index is 13.1. The van der Waals surface area contributed by atoms with Crippen LogP contribution < -0.4 is 4.74 Å². The Kier molecular flexibility index (Phi) is 5.43. The Morgan fingerprint density at radius 3 is 2.52 bits per heavy atom. The number of hydrogen-bond donors (Lipinski definition) is 2. The smallest absolute Gasteiger partial charge is 0.401 e. The van der Waals surface area contributed by atoms with E-state index in [0.717, 1.165) is 27.6 Å². The van der Waals surface area contributed by atoms with Crippen LogP contribution in [0.15, 0.2) is 42.6 Å². The molecule has 164 valence electrons. The van der Waals surface area contributed by atoms with Gasteiger partial charge in [0.1, 0.15) is 11.9 Å². The predicted octanol–water partition coefficient (Wildman–Crippen LogP) is 4.89. The van der Waals surface area contributed by atoms with Gasteiger partial charge in [0.25, 0.3) is 0 Å². The average Bonchev–Trinajstić information content (AvgIpc) is 3.31. The van der Waals surface area contributed by atoms with Crippen LogP contribution in [-0.4, -0.2) is 52.9 Å². The Morgan fingerprint density at radius 2 is 1.87 bits per heavy atom. The number of aryl methyl sites for hydroxylation is 2. The van der Waals surface area contributed by atoms with Gasteiger partial charge in [0.2, 0.25) is 0 Å². The summed E-state index contributed by atoms with van der Waals surface area (Å²) in [5, 5.41) is 10.0. The van der Waals surface area contributed by atoms with Crippen molar-refractivity contribution in [1.82, 2.24) is 9.88 Å². The lowest BCUT2D eigenvalue weighted by molar-refractivity contribution is -0.144. The van der Waals surface area contributed by atoms with E-state index in [1.165, 1.54) is 17.0 Å². The molecule has 4 rings (SSSR count). The van der Waals surface area contributed by atoms with Crippen molar-refractivity contribution in [1.29, 1.82) is 0 Å². The molecule has 3 aromatic rings. The highest BCUT2D eigenvalue weighted by Crippen LogP contribution is 2.37. The maximum absolute atomic E-state index is 13.1. The molecule has 5 nitrogen and oxygen atoms in total. The third kappa shape index (κ3) is 4.39. The third-order valence-electron chi connectivity index (χ3n) is 5.78. The fraction of sp³-hybridized carbons (Fsp3) is 0.348. The number of carboxylic acids is 1. The zero-order valence-electron chi connectivity index (χ0n) is 17.2. The van der Waals surface area contributed by atoms with Gasteiger partial charge in [0.15, 0.2) is 0 Å². The topological polar surface area (TPSA) is 65.6 Å². The molecule has 1 aromatic heterocycles. The van der Waals surface area contributed by atoms with Crippen LogP contribution in [-0.2, 0) is 0 Å². The first-order valence-electron chi connectivity index (χ1n) is 9.98. The molecule has 1 aliphatic rings. The lowest BCUT2D eigenvalue weighted by Crippen LogP contribution is -2.33. The van der Waals surface area contributed by atoms with Gasteiger partial charge in [-0.1, -0.05) is 18.2 Å². The van der Waals surface area contributed by atoms with Crippen LogP contribution in [0.25, 0.3) is 10.9 Å². The SMILES string of the molecule is Cc1cc(C)c2[nH]ccc2c1O[C@@H]1CN(CC(F)(F)F)C[C@H]1c1ccc(C(=O)O)cc1. The Morgan fingerprint density at radius 1 is 1.16 bits per heavy atom. The molecule has 2 atom stereocenters. The van der Waals surface area contributed by atoms with Crippen LogP contribution in [0.5, 0.6) is 5.75 Å². The Hall–Kier alpha value is -3.00. The predicted molar refractivity (Wildman–Crippen MR) is 111 cm³/mol. The number of alkyl halides is 3. The zero-order valence-corrected chi connectivity index (χ0v) is 17.2. The van der Waals surface area contributed by atoms with Crippen molar-refractivity contribution in [3.63, 3.8) is 0 Å². The third-order valence-corrected chi connectivity index (χ3v) is 5.78. The van der Waals surface area contributed by atoms with Crippen LogP contribution in [0, 0.1) is 13.8 Å². The molecule has 0 unspecified atom stereocenters.